The number of piperazine rings is 2. The lowest BCUT2D eigenvalue weighted by Crippen LogP contribution is -2.57. The summed E-state index contributed by atoms with van der Waals surface area (Å²) in [4.78, 5) is 86.2. The number of aromatic nitrogens is 1. The van der Waals surface area contributed by atoms with E-state index in [1.807, 2.05) is 116 Å². The number of ether oxygens (including phenoxy) is 1. The zero-order valence-corrected chi connectivity index (χ0v) is 70.2. The van der Waals surface area contributed by atoms with Crippen LogP contribution in [0.4, 0.5) is 24.5 Å². The highest BCUT2D eigenvalue weighted by Gasteiger charge is 2.49. The van der Waals surface area contributed by atoms with Crippen LogP contribution in [0.25, 0.3) is 16.0 Å². The molecule has 11 rings (SSSR count). The standard InChI is InChI=1S/C84H109ClF3N11O11S4/c1-57-51-96(41-44-98(57)76(102)19-14-9-8-13-18-75(101)92-78(82(4,5)6)81(105)99-53-68(100)48-73(99)80(104)90-58(2)60-20-22-62(23-21-60)77-59(3)89-56-112-77)55-83(7)36-34-71(61-24-28-65(85)29-25-61)64(50-83)52-95-39-42-97(43-40-95)67-30-26-63(27-31-67)79(103)93-114(108,109)70-32-33-72(74(49-70)113(106,107)84(86,87)88)91-66(54-111-69-16-11-10-12-17-69)35-38-94-37-15-46-110-47-45-94/h10-12,16-17,20-33,49,56-58,66,68,73,78,91,100H,8-9,13-15,18-19,34-48,50-55H2,1-7H3,(H,90,104)(H,92,101)(H,93,103)/t57-,58+,66-,68-,73+,78-,83-/m1/s1. The molecule has 30 heteroatoms. The summed E-state index contributed by atoms with van der Waals surface area (Å²) in [5, 5.41) is 20.5. The molecule has 4 saturated heterocycles. The number of thioether (sulfide) groups is 1. The average molecular weight is 1670 g/mol. The second kappa shape index (κ2) is 38.8. The third kappa shape index (κ3) is 23.0. The molecule has 5 N–H and O–H groups in total. The van der Waals surface area contributed by atoms with E-state index >= 15 is 0 Å². The number of β-amino-alcohol motifs (C(OH)–C–C–N with tert-alkyl or cyclic N) is 1. The Kier molecular flexibility index (Phi) is 29.7. The summed E-state index contributed by atoms with van der Waals surface area (Å²) >= 11 is 9.42. The van der Waals surface area contributed by atoms with Crippen LogP contribution in [0.1, 0.15) is 152 Å². The summed E-state index contributed by atoms with van der Waals surface area (Å²) in [6.45, 7) is 23.6. The molecule has 0 unspecified atom stereocenters. The molecule has 114 heavy (non-hydrogen) atoms. The van der Waals surface area contributed by atoms with Crippen molar-refractivity contribution >= 4 is 101 Å². The minimum Gasteiger partial charge on any atom is -0.391 e. The van der Waals surface area contributed by atoms with Crippen molar-refractivity contribution in [3.8, 4) is 10.4 Å². The number of rotatable bonds is 31. The number of halogens is 4. The third-order valence-corrected chi connectivity index (χ3v) is 27.8. The van der Waals surface area contributed by atoms with Gasteiger partial charge >= 0.3 is 5.51 Å². The minimum atomic E-state index is -6.12. The molecule has 4 aliphatic heterocycles. The number of nitrogens with one attached hydrogen (secondary N) is 4. The first-order valence-electron chi connectivity index (χ1n) is 39.6. The van der Waals surface area contributed by atoms with E-state index < -0.39 is 82.3 Å². The van der Waals surface area contributed by atoms with E-state index in [0.29, 0.717) is 88.5 Å². The first-order valence-corrected chi connectivity index (χ1v) is 44.8. The molecular formula is C84H109ClF3N11O11S4. The van der Waals surface area contributed by atoms with Gasteiger partial charge in [-0.2, -0.15) is 13.2 Å². The third-order valence-electron chi connectivity index (χ3n) is 22.5. The Morgan fingerprint density at radius 2 is 1.47 bits per heavy atom. The Morgan fingerprint density at radius 1 is 0.781 bits per heavy atom. The number of aliphatic hydroxyl groups is 1. The van der Waals surface area contributed by atoms with Crippen LogP contribution >= 0.6 is 34.7 Å². The van der Waals surface area contributed by atoms with Crippen molar-refractivity contribution in [3.05, 3.63) is 160 Å². The van der Waals surface area contributed by atoms with Gasteiger partial charge in [0.25, 0.3) is 25.8 Å². The van der Waals surface area contributed by atoms with Crippen molar-refractivity contribution in [1.82, 2.24) is 44.8 Å². The Labute approximate surface area is 682 Å². The van der Waals surface area contributed by atoms with Crippen LogP contribution in [-0.2, 0) is 43.8 Å². The van der Waals surface area contributed by atoms with Gasteiger partial charge in [0, 0.05) is 150 Å². The second-order valence-corrected chi connectivity index (χ2v) is 38.4. The highest BCUT2D eigenvalue weighted by atomic mass is 35.5. The van der Waals surface area contributed by atoms with Gasteiger partial charge in [0.15, 0.2) is 0 Å². The molecular weight excluding hydrogens is 1560 g/mol. The van der Waals surface area contributed by atoms with Gasteiger partial charge < -0.3 is 45.4 Å². The number of carbonyl (C=O) groups is 5. The molecule has 6 aromatic rings. The van der Waals surface area contributed by atoms with Crippen LogP contribution in [0.5, 0.6) is 0 Å². The van der Waals surface area contributed by atoms with Crippen LogP contribution in [0.2, 0.25) is 5.02 Å². The van der Waals surface area contributed by atoms with Crippen molar-refractivity contribution in [2.24, 2.45) is 10.8 Å². The van der Waals surface area contributed by atoms with Gasteiger partial charge in [-0.25, -0.2) is 26.5 Å². The fourth-order valence-corrected chi connectivity index (χ4v) is 20.1. The average Bonchev–Trinajstić information content (AvgIpc) is 0.797. The number of aliphatic hydroxyl groups excluding tert-OH is 1. The summed E-state index contributed by atoms with van der Waals surface area (Å²) < 4.78 is 105. The summed E-state index contributed by atoms with van der Waals surface area (Å²) in [6.07, 6.45) is 6.52. The molecule has 5 aliphatic rings. The number of aryl methyl sites for hydroxylation is 1. The van der Waals surface area contributed by atoms with Crippen molar-refractivity contribution < 1.29 is 63.8 Å². The number of benzene rings is 5. The second-order valence-electron chi connectivity index (χ2n) is 32.5. The molecule has 0 radical (unpaired) electrons. The largest absolute Gasteiger partial charge is 0.501 e. The van der Waals surface area contributed by atoms with Crippen molar-refractivity contribution in [3.63, 3.8) is 0 Å². The molecule has 4 fully saturated rings. The number of anilines is 2. The first-order chi connectivity index (χ1) is 54.2. The molecule has 1 aromatic heterocycles. The van der Waals surface area contributed by atoms with Gasteiger partial charge in [-0.15, -0.1) is 23.1 Å². The summed E-state index contributed by atoms with van der Waals surface area (Å²) in [7, 11) is -11.0. The first kappa shape index (κ1) is 87.4. The number of hydrogen-bond donors (Lipinski definition) is 5. The lowest BCUT2D eigenvalue weighted by atomic mass is 9.71. The normalized spacial score (nSPS) is 20.7. The van der Waals surface area contributed by atoms with Gasteiger partial charge in [0.05, 0.1) is 45.4 Å². The summed E-state index contributed by atoms with van der Waals surface area (Å²) in [5.74, 6) is -1.65. The zero-order chi connectivity index (χ0) is 81.7. The van der Waals surface area contributed by atoms with Crippen LogP contribution in [0, 0.1) is 17.8 Å². The number of nitrogens with zero attached hydrogens (tertiary/aromatic N) is 7. The molecule has 5 amide bonds. The van der Waals surface area contributed by atoms with E-state index in [1.165, 1.54) is 39.9 Å². The molecule has 1 aliphatic carbocycles. The number of sulfone groups is 1. The van der Waals surface area contributed by atoms with Crippen LogP contribution in [0.3, 0.4) is 0 Å². The Morgan fingerprint density at radius 3 is 2.15 bits per heavy atom. The highest BCUT2D eigenvalue weighted by Crippen LogP contribution is 2.45. The molecule has 5 aromatic carbocycles. The topological polar surface area (TPSA) is 264 Å². The number of carbonyl (C=O) groups excluding carboxylic acids is 5. The molecule has 5 heterocycles. The smallest absolute Gasteiger partial charge is 0.391 e. The fraction of sp³-hybridized carbons (Fsp3) is 0.524. The van der Waals surface area contributed by atoms with E-state index in [2.05, 4.69) is 66.5 Å². The Bertz CT molecular complexity index is 4560. The van der Waals surface area contributed by atoms with E-state index in [1.54, 1.807) is 23.5 Å². The van der Waals surface area contributed by atoms with Gasteiger partial charge in [-0.05, 0) is 166 Å². The molecule has 0 bridgehead atoms. The van der Waals surface area contributed by atoms with E-state index in [9.17, 15) is 59.1 Å². The summed E-state index contributed by atoms with van der Waals surface area (Å²) in [6, 6.07) is 31.4. The zero-order valence-electron chi connectivity index (χ0n) is 66.2. The number of allylic oxidation sites excluding steroid dienone is 1. The van der Waals surface area contributed by atoms with Gasteiger partial charge in [0.2, 0.25) is 23.6 Å². The monoisotopic (exact) mass is 1670 g/mol. The number of alkyl halides is 3. The van der Waals surface area contributed by atoms with Crippen molar-refractivity contribution in [2.75, 3.05) is 114 Å². The maximum Gasteiger partial charge on any atom is 0.501 e. The Balaban J connectivity index is 0.628. The van der Waals surface area contributed by atoms with Crippen molar-refractivity contribution in [2.45, 2.75) is 182 Å². The minimum absolute atomic E-state index is 0.0179. The van der Waals surface area contributed by atoms with E-state index in [0.717, 1.165) is 134 Å². The van der Waals surface area contributed by atoms with Crippen LogP contribution < -0.4 is 25.6 Å². The Hall–Kier alpha value is -7.45. The fourth-order valence-electron chi connectivity index (χ4n) is 16.1. The number of sulfonamides is 1. The van der Waals surface area contributed by atoms with Crippen molar-refractivity contribution in [1.29, 1.82) is 0 Å². The molecule has 7 atom stereocenters. The maximum absolute atomic E-state index is 14.5. The molecule has 618 valence electrons. The number of amides is 5. The lowest BCUT2D eigenvalue weighted by molar-refractivity contribution is -0.144. The molecule has 0 spiro atoms. The number of unbranched alkanes of at least 4 members (excludes halogenated alkanes) is 3. The SMILES string of the molecule is Cc1ncsc1-c1ccc([C@H](C)NC(=O)[C@@H]2C[C@@H](O)CN2C(=O)[C@@H](NC(=O)CCCCCCC(=O)N2CCN(C[C@]3(C)CCC(c4ccc(Cl)cc4)=C(CN4CCN(c5ccc(C(=O)NS(=O)(=O)c6ccc(N[C@H](CCN7CCCOCC7)CSc7ccccc7)c(S(=O)(=O)C(F)(F)F)c6)cc5)CC4)C3)C[C@H]2C)C(C)(C)C)cc1. The van der Waals surface area contributed by atoms with Gasteiger partial charge in [0.1, 0.15) is 17.0 Å². The number of thiazole rings is 1. The van der Waals surface area contributed by atoms with Gasteiger partial charge in [-0.1, -0.05) is 112 Å². The quantitative estimate of drug-likeness (QED) is 0.0200. The van der Waals surface area contributed by atoms with Crippen LogP contribution in [-0.4, -0.2) is 221 Å². The summed E-state index contributed by atoms with van der Waals surface area (Å²) in [5.41, 5.74) is 2.35. The maximum atomic E-state index is 14.5. The molecule has 22 nitrogen and oxygen atoms in total. The van der Waals surface area contributed by atoms with E-state index in [-0.39, 0.29) is 60.2 Å². The number of likely N-dealkylation sites (tertiary alicyclic amines) is 1. The predicted octanol–water partition coefficient (Wildman–Crippen LogP) is 12.9. The lowest BCUT2D eigenvalue weighted by Gasteiger charge is -2.46. The molecule has 0 saturated carbocycles. The van der Waals surface area contributed by atoms with E-state index in [4.69, 9.17) is 16.3 Å². The highest BCUT2D eigenvalue weighted by molar-refractivity contribution is 7.99. The van der Waals surface area contributed by atoms with Crippen LogP contribution in [0.15, 0.2) is 147 Å². The number of hydrogen-bond acceptors (Lipinski definition) is 19. The van der Waals surface area contributed by atoms with Gasteiger partial charge in [-0.3, -0.25) is 33.8 Å². The predicted molar refractivity (Wildman–Crippen MR) is 443 cm³/mol.